The molecule has 35 heavy (non-hydrogen) atoms. The largest absolute Gasteiger partial charge is 0.462 e. The Labute approximate surface area is 212 Å². The van der Waals surface area contributed by atoms with Crippen molar-refractivity contribution in [1.29, 1.82) is 0 Å². The molecule has 0 fully saturated rings. The summed E-state index contributed by atoms with van der Waals surface area (Å²) in [5.41, 5.74) is 3.48. The number of carbonyl (C=O) groups is 3. The molecule has 0 bridgehead atoms. The predicted molar refractivity (Wildman–Crippen MR) is 135 cm³/mol. The number of fused-ring (bicyclic) bond motifs is 1. The van der Waals surface area contributed by atoms with E-state index < -0.39 is 18.1 Å². The van der Waals surface area contributed by atoms with Gasteiger partial charge in [-0.3, -0.25) is 9.69 Å². The highest BCUT2D eigenvalue weighted by atomic mass is 79.9. The Balaban J connectivity index is 1.55. The van der Waals surface area contributed by atoms with Gasteiger partial charge in [0.05, 0.1) is 12.2 Å². The Morgan fingerprint density at radius 2 is 1.71 bits per heavy atom. The number of ether oxygens (including phenoxy) is 2. The fraction of sp³-hybridized carbons (Fsp3) is 0.222. The van der Waals surface area contributed by atoms with Crippen LogP contribution in [0.2, 0.25) is 0 Å². The van der Waals surface area contributed by atoms with Crippen LogP contribution in [0, 0.1) is 0 Å². The summed E-state index contributed by atoms with van der Waals surface area (Å²) in [5.74, 6) is -0.798. The van der Waals surface area contributed by atoms with Gasteiger partial charge < -0.3 is 14.8 Å². The number of halogens is 1. The van der Waals surface area contributed by atoms with Crippen molar-refractivity contribution in [2.45, 2.75) is 26.0 Å². The molecule has 180 valence electrons. The molecule has 0 saturated heterocycles. The molecule has 0 aromatic heterocycles. The summed E-state index contributed by atoms with van der Waals surface area (Å²) in [5, 5.41) is 2.87. The lowest BCUT2D eigenvalue weighted by molar-refractivity contribution is -0.121. The number of nitrogens with one attached hydrogen (secondary N) is 1. The smallest absolute Gasteiger partial charge is 0.411 e. The summed E-state index contributed by atoms with van der Waals surface area (Å²) in [4.78, 5) is 39.9. The van der Waals surface area contributed by atoms with E-state index in [1.807, 2.05) is 48.5 Å². The SMILES string of the molecule is CCOC(=O)c1ccc(NC(=O)[C@@H]2c3cccc(Br)c3CCN2C(=O)OCc2ccccc2)cc1. The lowest BCUT2D eigenvalue weighted by atomic mass is 9.92. The van der Waals surface area contributed by atoms with Gasteiger partial charge >= 0.3 is 12.1 Å². The van der Waals surface area contributed by atoms with E-state index in [-0.39, 0.29) is 19.1 Å². The Bertz CT molecular complexity index is 1210. The number of rotatable bonds is 6. The van der Waals surface area contributed by atoms with Crippen molar-refractivity contribution < 1.29 is 23.9 Å². The zero-order valence-electron chi connectivity index (χ0n) is 19.2. The van der Waals surface area contributed by atoms with Crippen LogP contribution < -0.4 is 5.32 Å². The second kappa shape index (κ2) is 11.2. The maximum Gasteiger partial charge on any atom is 0.411 e. The van der Waals surface area contributed by atoms with Crippen molar-refractivity contribution >= 4 is 39.6 Å². The van der Waals surface area contributed by atoms with Crippen LogP contribution >= 0.6 is 15.9 Å². The van der Waals surface area contributed by atoms with Crippen LogP contribution in [-0.2, 0) is 27.3 Å². The van der Waals surface area contributed by atoms with Crippen LogP contribution in [0.5, 0.6) is 0 Å². The number of benzene rings is 3. The van der Waals surface area contributed by atoms with Crippen molar-refractivity contribution in [3.05, 3.63) is 99.5 Å². The second-order valence-electron chi connectivity index (χ2n) is 7.98. The van der Waals surface area contributed by atoms with Crippen LogP contribution in [0.3, 0.4) is 0 Å². The Morgan fingerprint density at radius 1 is 0.971 bits per heavy atom. The van der Waals surface area contributed by atoms with Crippen LogP contribution in [0.15, 0.2) is 77.3 Å². The monoisotopic (exact) mass is 536 g/mol. The number of esters is 1. The molecule has 0 spiro atoms. The Kier molecular flexibility index (Phi) is 7.82. The van der Waals surface area contributed by atoms with Gasteiger partial charge in [-0.2, -0.15) is 0 Å². The fourth-order valence-corrected chi connectivity index (χ4v) is 4.60. The van der Waals surface area contributed by atoms with Crippen LogP contribution in [-0.4, -0.2) is 36.0 Å². The minimum Gasteiger partial charge on any atom is -0.462 e. The minimum atomic E-state index is -0.871. The Hall–Kier alpha value is -3.65. The van der Waals surface area contributed by atoms with E-state index >= 15 is 0 Å². The molecular weight excluding hydrogens is 512 g/mol. The van der Waals surface area contributed by atoms with Gasteiger partial charge in [0, 0.05) is 16.7 Å². The van der Waals surface area contributed by atoms with Crippen molar-refractivity contribution in [2.75, 3.05) is 18.5 Å². The molecular formula is C27H25BrN2O5. The standard InChI is InChI=1S/C27H25BrN2O5/c1-2-34-26(32)19-11-13-20(14-12-19)29-25(31)24-22-9-6-10-23(28)21(22)15-16-30(24)27(33)35-17-18-7-4-3-5-8-18/h3-14,24H,2,15-17H2,1H3,(H,29,31)/t24-/m0/s1. The molecule has 0 unspecified atom stereocenters. The molecule has 4 rings (SSSR count). The highest BCUT2D eigenvalue weighted by Crippen LogP contribution is 2.35. The van der Waals surface area contributed by atoms with E-state index in [1.54, 1.807) is 31.2 Å². The number of amides is 2. The van der Waals surface area contributed by atoms with Gasteiger partial charge in [0.1, 0.15) is 12.6 Å². The number of hydrogen-bond donors (Lipinski definition) is 1. The maximum atomic E-state index is 13.5. The molecule has 2 amide bonds. The maximum absolute atomic E-state index is 13.5. The van der Waals surface area contributed by atoms with Crippen LogP contribution in [0.1, 0.15) is 40.0 Å². The third-order valence-corrected chi connectivity index (χ3v) is 6.46. The molecule has 8 heteroatoms. The quantitative estimate of drug-likeness (QED) is 0.420. The molecule has 7 nitrogen and oxygen atoms in total. The van der Waals surface area contributed by atoms with E-state index in [0.717, 1.165) is 21.2 Å². The first-order valence-electron chi connectivity index (χ1n) is 11.3. The molecule has 1 aliphatic rings. The highest BCUT2D eigenvalue weighted by Gasteiger charge is 2.37. The van der Waals surface area contributed by atoms with E-state index in [0.29, 0.717) is 24.2 Å². The normalized spacial score (nSPS) is 14.6. The molecule has 0 aliphatic carbocycles. The average Bonchev–Trinajstić information content (AvgIpc) is 2.88. The van der Waals surface area contributed by atoms with Gasteiger partial charge in [0.15, 0.2) is 0 Å². The van der Waals surface area contributed by atoms with Crippen molar-refractivity contribution in [3.8, 4) is 0 Å². The first-order valence-corrected chi connectivity index (χ1v) is 12.1. The van der Waals surface area contributed by atoms with Gasteiger partial charge in [-0.15, -0.1) is 0 Å². The third kappa shape index (κ3) is 5.71. The molecule has 3 aromatic carbocycles. The lowest BCUT2D eigenvalue weighted by Crippen LogP contribution is -2.45. The number of carbonyl (C=O) groups excluding carboxylic acids is 3. The summed E-state index contributed by atoms with van der Waals surface area (Å²) in [6.45, 7) is 2.47. The van der Waals surface area contributed by atoms with Gasteiger partial charge in [-0.25, -0.2) is 9.59 Å². The topological polar surface area (TPSA) is 84.9 Å². The van der Waals surface area contributed by atoms with E-state index in [9.17, 15) is 14.4 Å². The number of hydrogen-bond acceptors (Lipinski definition) is 5. The van der Waals surface area contributed by atoms with E-state index in [4.69, 9.17) is 9.47 Å². The third-order valence-electron chi connectivity index (χ3n) is 5.72. The minimum absolute atomic E-state index is 0.116. The molecule has 1 N–H and O–H groups in total. The van der Waals surface area contributed by atoms with Crippen molar-refractivity contribution in [1.82, 2.24) is 4.90 Å². The van der Waals surface area contributed by atoms with Crippen molar-refractivity contribution in [2.24, 2.45) is 0 Å². The summed E-state index contributed by atoms with van der Waals surface area (Å²) >= 11 is 3.57. The van der Waals surface area contributed by atoms with Gasteiger partial charge in [0.25, 0.3) is 5.91 Å². The molecule has 1 heterocycles. The summed E-state index contributed by atoms with van der Waals surface area (Å²) in [6.07, 6.45) is 0.0344. The molecule has 0 radical (unpaired) electrons. The highest BCUT2D eigenvalue weighted by molar-refractivity contribution is 9.10. The van der Waals surface area contributed by atoms with Crippen LogP contribution in [0.25, 0.3) is 0 Å². The zero-order valence-corrected chi connectivity index (χ0v) is 20.8. The average molecular weight is 537 g/mol. The summed E-state index contributed by atoms with van der Waals surface area (Å²) in [6, 6.07) is 20.6. The summed E-state index contributed by atoms with van der Waals surface area (Å²) < 4.78 is 11.4. The molecule has 1 aliphatic heterocycles. The fourth-order valence-electron chi connectivity index (χ4n) is 4.02. The molecule has 0 saturated carbocycles. The van der Waals surface area contributed by atoms with E-state index in [1.165, 1.54) is 4.90 Å². The van der Waals surface area contributed by atoms with Gasteiger partial charge in [-0.1, -0.05) is 58.4 Å². The Morgan fingerprint density at radius 3 is 2.43 bits per heavy atom. The number of anilines is 1. The number of nitrogens with zero attached hydrogens (tertiary/aromatic N) is 1. The van der Waals surface area contributed by atoms with Crippen LogP contribution in [0.4, 0.5) is 10.5 Å². The zero-order chi connectivity index (χ0) is 24.8. The lowest BCUT2D eigenvalue weighted by Gasteiger charge is -2.36. The molecule has 1 atom stereocenters. The first-order chi connectivity index (χ1) is 17.0. The molecule has 3 aromatic rings. The first kappa shape index (κ1) is 24.5. The second-order valence-corrected chi connectivity index (χ2v) is 8.84. The van der Waals surface area contributed by atoms with Crippen molar-refractivity contribution in [3.63, 3.8) is 0 Å². The predicted octanol–water partition coefficient (Wildman–Crippen LogP) is 5.50. The van der Waals surface area contributed by atoms with Gasteiger partial charge in [-0.05, 0) is 60.4 Å². The van der Waals surface area contributed by atoms with Gasteiger partial charge in [0.2, 0.25) is 0 Å². The summed E-state index contributed by atoms with van der Waals surface area (Å²) in [7, 11) is 0. The van der Waals surface area contributed by atoms with E-state index in [2.05, 4.69) is 21.2 Å².